The van der Waals surface area contributed by atoms with Crippen LogP contribution in [0.3, 0.4) is 0 Å². The van der Waals surface area contributed by atoms with Gasteiger partial charge in [0.15, 0.2) is 0 Å². The van der Waals surface area contributed by atoms with Crippen LogP contribution in [0.4, 0.5) is 5.69 Å². The molecule has 1 saturated heterocycles. The molecule has 0 saturated carbocycles. The number of anilines is 1. The van der Waals surface area contributed by atoms with Gasteiger partial charge in [-0.25, -0.2) is 0 Å². The zero-order valence-electron chi connectivity index (χ0n) is 12.1. The molecule has 2 aromatic rings. The SMILES string of the molecule is CC1SC(=S)NC1=O.Cc1ccc(-c2ccc(NO)cc2)o1. The van der Waals surface area contributed by atoms with Gasteiger partial charge in [0.2, 0.25) is 5.91 Å². The van der Waals surface area contributed by atoms with Crippen LogP contribution in [0.25, 0.3) is 11.3 Å². The van der Waals surface area contributed by atoms with Crippen molar-refractivity contribution in [3.05, 3.63) is 42.2 Å². The Labute approximate surface area is 138 Å². The minimum absolute atomic E-state index is 0.0162. The Morgan fingerprint density at radius 3 is 2.32 bits per heavy atom. The average Bonchev–Trinajstić information content (AvgIpc) is 3.05. The second-order valence-corrected chi connectivity index (χ2v) is 6.65. The van der Waals surface area contributed by atoms with Gasteiger partial charge in [0, 0.05) is 5.56 Å². The Kier molecular flexibility index (Phi) is 5.59. The van der Waals surface area contributed by atoms with Gasteiger partial charge in [0.05, 0.1) is 10.9 Å². The first-order valence-corrected chi connectivity index (χ1v) is 7.87. The van der Waals surface area contributed by atoms with Crippen molar-refractivity contribution in [2.45, 2.75) is 19.1 Å². The summed E-state index contributed by atoms with van der Waals surface area (Å²) >= 11 is 6.10. The molecule has 0 spiro atoms. The lowest BCUT2D eigenvalue weighted by molar-refractivity contribution is -0.118. The quantitative estimate of drug-likeness (QED) is 0.575. The van der Waals surface area contributed by atoms with Crippen molar-refractivity contribution in [2.24, 2.45) is 0 Å². The van der Waals surface area contributed by atoms with E-state index < -0.39 is 0 Å². The topological polar surface area (TPSA) is 74.5 Å². The van der Waals surface area contributed by atoms with Gasteiger partial charge in [0.1, 0.15) is 15.8 Å². The Balaban J connectivity index is 0.000000188. The molecule has 3 rings (SSSR count). The summed E-state index contributed by atoms with van der Waals surface area (Å²) in [7, 11) is 0. The van der Waals surface area contributed by atoms with E-state index in [1.54, 1.807) is 12.1 Å². The van der Waals surface area contributed by atoms with Crippen LogP contribution in [0.5, 0.6) is 0 Å². The molecule has 1 aromatic carbocycles. The number of rotatable bonds is 2. The number of hydrogen-bond acceptors (Lipinski definition) is 6. The molecule has 1 aliphatic heterocycles. The maximum Gasteiger partial charge on any atom is 0.238 e. The van der Waals surface area contributed by atoms with Gasteiger partial charge in [-0.2, -0.15) is 0 Å². The van der Waals surface area contributed by atoms with E-state index >= 15 is 0 Å². The van der Waals surface area contributed by atoms with Crippen LogP contribution in [-0.4, -0.2) is 20.7 Å². The van der Waals surface area contributed by atoms with Crippen molar-refractivity contribution in [2.75, 3.05) is 5.48 Å². The number of thioether (sulfide) groups is 1. The fraction of sp³-hybridized carbons (Fsp3) is 0.200. The van der Waals surface area contributed by atoms with Crippen molar-refractivity contribution in [1.82, 2.24) is 5.32 Å². The van der Waals surface area contributed by atoms with Gasteiger partial charge in [0.25, 0.3) is 0 Å². The molecule has 1 aliphatic rings. The fourth-order valence-corrected chi connectivity index (χ4v) is 2.92. The summed E-state index contributed by atoms with van der Waals surface area (Å²) in [5.74, 6) is 1.76. The second kappa shape index (κ2) is 7.44. The number of nitrogens with one attached hydrogen (secondary N) is 2. The minimum Gasteiger partial charge on any atom is -0.461 e. The molecular weight excluding hydrogens is 320 g/mol. The molecule has 3 N–H and O–H groups in total. The van der Waals surface area contributed by atoms with E-state index in [1.807, 2.05) is 38.1 Å². The number of aryl methyl sites for hydroxylation is 1. The van der Waals surface area contributed by atoms with E-state index in [0.717, 1.165) is 17.1 Å². The van der Waals surface area contributed by atoms with Gasteiger partial charge < -0.3 is 9.73 Å². The molecular formula is C15H16N2O3S2. The molecule has 116 valence electrons. The number of furan rings is 1. The Morgan fingerprint density at radius 1 is 1.27 bits per heavy atom. The second-order valence-electron chi connectivity index (χ2n) is 4.64. The van der Waals surface area contributed by atoms with Crippen molar-refractivity contribution < 1.29 is 14.4 Å². The first-order chi connectivity index (χ1) is 10.5. The highest BCUT2D eigenvalue weighted by molar-refractivity contribution is 8.24. The van der Waals surface area contributed by atoms with E-state index in [2.05, 4.69) is 10.8 Å². The summed E-state index contributed by atoms with van der Waals surface area (Å²) in [6, 6.07) is 11.2. The van der Waals surface area contributed by atoms with E-state index in [0.29, 0.717) is 10.0 Å². The third-order valence-electron chi connectivity index (χ3n) is 2.92. The maximum atomic E-state index is 10.6. The van der Waals surface area contributed by atoms with Gasteiger partial charge in [-0.15, -0.1) is 0 Å². The molecule has 0 radical (unpaired) electrons. The third-order valence-corrected chi connectivity index (χ3v) is 4.19. The number of thiocarbonyl (C=S) groups is 1. The van der Waals surface area contributed by atoms with Crippen LogP contribution in [-0.2, 0) is 4.79 Å². The van der Waals surface area contributed by atoms with E-state index in [9.17, 15) is 4.79 Å². The predicted octanol–water partition coefficient (Wildman–Crippen LogP) is 3.58. The van der Waals surface area contributed by atoms with Crippen molar-refractivity contribution >= 4 is 39.9 Å². The minimum atomic E-state index is 0.0162. The summed E-state index contributed by atoms with van der Waals surface area (Å²) in [4.78, 5) is 10.6. The molecule has 1 fully saturated rings. The van der Waals surface area contributed by atoms with E-state index in [-0.39, 0.29) is 11.2 Å². The largest absolute Gasteiger partial charge is 0.461 e. The molecule has 1 atom stereocenters. The van der Waals surface area contributed by atoms with Gasteiger partial charge >= 0.3 is 0 Å². The van der Waals surface area contributed by atoms with E-state index in [1.165, 1.54) is 11.8 Å². The first-order valence-electron chi connectivity index (χ1n) is 6.58. The number of hydrogen-bond donors (Lipinski definition) is 3. The summed E-state index contributed by atoms with van der Waals surface area (Å²) < 4.78 is 6.06. The molecule has 7 heteroatoms. The lowest BCUT2D eigenvalue weighted by atomic mass is 10.1. The maximum absolute atomic E-state index is 10.6. The smallest absolute Gasteiger partial charge is 0.238 e. The monoisotopic (exact) mass is 336 g/mol. The van der Waals surface area contributed by atoms with Crippen LogP contribution >= 0.6 is 24.0 Å². The van der Waals surface area contributed by atoms with Gasteiger partial charge in [-0.3, -0.25) is 15.5 Å². The summed E-state index contributed by atoms with van der Waals surface area (Å²) in [6.45, 7) is 3.74. The number of benzene rings is 1. The summed E-state index contributed by atoms with van der Waals surface area (Å²) in [6.07, 6.45) is 0. The molecule has 0 bridgehead atoms. The number of carbonyl (C=O) groups excluding carboxylic acids is 1. The lowest BCUT2D eigenvalue weighted by Crippen LogP contribution is -2.22. The Bertz CT molecular complexity index is 668. The predicted molar refractivity (Wildman–Crippen MR) is 92.1 cm³/mol. The third kappa shape index (κ3) is 4.33. The number of amides is 1. The van der Waals surface area contributed by atoms with Crippen molar-refractivity contribution in [3.8, 4) is 11.3 Å². The zero-order valence-corrected chi connectivity index (χ0v) is 13.8. The standard InChI is InChI=1S/C11H11NO2.C4H5NOS2/c1-8-2-7-11(14-8)9-3-5-10(12-13)6-4-9;1-2-3(6)5-4(7)8-2/h2-7,12-13H,1H3;2H,1H3,(H,5,6,7). The lowest BCUT2D eigenvalue weighted by Gasteiger charge is -1.99. The Hall–Kier alpha value is -1.83. The highest BCUT2D eigenvalue weighted by Gasteiger charge is 2.23. The van der Waals surface area contributed by atoms with Crippen LogP contribution in [0.2, 0.25) is 0 Å². The molecule has 5 nitrogen and oxygen atoms in total. The Morgan fingerprint density at radius 2 is 1.95 bits per heavy atom. The van der Waals surface area contributed by atoms with Crippen molar-refractivity contribution in [1.29, 1.82) is 0 Å². The molecule has 1 aromatic heterocycles. The highest BCUT2D eigenvalue weighted by Crippen LogP contribution is 2.23. The summed E-state index contributed by atoms with van der Waals surface area (Å²) in [5, 5.41) is 11.2. The average molecular weight is 336 g/mol. The fourth-order valence-electron chi connectivity index (χ4n) is 1.74. The van der Waals surface area contributed by atoms with Crippen LogP contribution in [0.1, 0.15) is 12.7 Å². The molecule has 1 amide bonds. The first kappa shape index (κ1) is 16.5. The van der Waals surface area contributed by atoms with Crippen molar-refractivity contribution in [3.63, 3.8) is 0 Å². The van der Waals surface area contributed by atoms with E-state index in [4.69, 9.17) is 21.8 Å². The van der Waals surface area contributed by atoms with Gasteiger partial charge in [-0.1, -0.05) is 24.0 Å². The molecule has 0 aliphatic carbocycles. The summed E-state index contributed by atoms with van der Waals surface area (Å²) in [5.41, 5.74) is 3.74. The van der Waals surface area contributed by atoms with Gasteiger partial charge in [-0.05, 0) is 50.2 Å². The van der Waals surface area contributed by atoms with Crippen LogP contribution < -0.4 is 10.8 Å². The molecule has 2 heterocycles. The molecule has 22 heavy (non-hydrogen) atoms. The van der Waals surface area contributed by atoms with Crippen LogP contribution in [0.15, 0.2) is 40.8 Å². The molecule has 1 unspecified atom stereocenters. The normalized spacial score (nSPS) is 16.8. The van der Waals surface area contributed by atoms with Crippen LogP contribution in [0, 0.1) is 6.92 Å². The number of carbonyl (C=O) groups is 1. The highest BCUT2D eigenvalue weighted by atomic mass is 32.2. The zero-order chi connectivity index (χ0) is 16.1.